The van der Waals surface area contributed by atoms with Crippen molar-refractivity contribution in [1.29, 1.82) is 0 Å². The zero-order valence-corrected chi connectivity index (χ0v) is 22.8. The molecule has 0 bridgehead atoms. The van der Waals surface area contributed by atoms with Gasteiger partial charge in [0.25, 0.3) is 0 Å². The number of anilines is 1. The Hall–Kier alpha value is -3.95. The molecule has 2 amide bonds. The molecule has 0 fully saturated rings. The van der Waals surface area contributed by atoms with E-state index in [4.69, 9.17) is 14.2 Å². The summed E-state index contributed by atoms with van der Waals surface area (Å²) in [5, 5.41) is 0.676. The number of ether oxygens (including phenoxy) is 3. The lowest BCUT2D eigenvalue weighted by Crippen LogP contribution is -2.44. The van der Waals surface area contributed by atoms with Gasteiger partial charge in [0.1, 0.15) is 16.9 Å². The van der Waals surface area contributed by atoms with Crippen LogP contribution in [0.2, 0.25) is 0 Å². The van der Waals surface area contributed by atoms with Crippen molar-refractivity contribution in [3.05, 3.63) is 48.0 Å². The van der Waals surface area contributed by atoms with Gasteiger partial charge in [-0.15, -0.1) is 0 Å². The Bertz CT molecular complexity index is 1300. The number of fused-ring (bicyclic) bond motifs is 1. The standard InChI is InChI=1S/C27H34N4O6/c1-16(2)30-15-19(18-14-28-11-10-20(18)30)22(32)17-12-21(23(35-9)29-13-17)31(24(33)36-26(3,4)5)25(34)37-27(6,7)8/h10-16H,1-9H3. The van der Waals surface area contributed by atoms with Crippen LogP contribution in [0.1, 0.15) is 77.4 Å². The normalized spacial score (nSPS) is 11.9. The lowest BCUT2D eigenvalue weighted by Gasteiger charge is -2.29. The van der Waals surface area contributed by atoms with E-state index < -0.39 is 23.4 Å². The SMILES string of the molecule is COc1ncc(C(=O)c2cn(C(C)C)c3ccncc23)cc1N(C(=O)OC(C)(C)C)C(=O)OC(C)(C)C. The highest BCUT2D eigenvalue weighted by Gasteiger charge is 2.35. The number of hydrogen-bond donors (Lipinski definition) is 0. The van der Waals surface area contributed by atoms with Gasteiger partial charge in [0.15, 0.2) is 5.78 Å². The first-order valence-electron chi connectivity index (χ1n) is 11.9. The maximum absolute atomic E-state index is 13.7. The molecule has 0 saturated carbocycles. The van der Waals surface area contributed by atoms with Gasteiger partial charge >= 0.3 is 12.2 Å². The summed E-state index contributed by atoms with van der Waals surface area (Å²) >= 11 is 0. The number of hydrogen-bond acceptors (Lipinski definition) is 8. The Morgan fingerprint density at radius 2 is 1.57 bits per heavy atom. The van der Waals surface area contributed by atoms with Crippen molar-refractivity contribution in [3.8, 4) is 5.88 Å². The zero-order chi connectivity index (χ0) is 27.7. The van der Waals surface area contributed by atoms with Crippen LogP contribution in [-0.2, 0) is 9.47 Å². The molecule has 0 atom stereocenters. The van der Waals surface area contributed by atoms with Crippen molar-refractivity contribution in [3.63, 3.8) is 0 Å². The molecule has 10 nitrogen and oxygen atoms in total. The maximum Gasteiger partial charge on any atom is 0.424 e. The molecule has 3 heterocycles. The molecule has 10 heteroatoms. The molecule has 0 aliphatic carbocycles. The molecule has 0 aliphatic heterocycles. The Morgan fingerprint density at radius 3 is 2.08 bits per heavy atom. The fourth-order valence-electron chi connectivity index (χ4n) is 3.63. The summed E-state index contributed by atoms with van der Waals surface area (Å²) in [6.45, 7) is 14.1. The van der Waals surface area contributed by atoms with Crippen molar-refractivity contribution >= 4 is 34.6 Å². The minimum atomic E-state index is -0.993. The average molecular weight is 511 g/mol. The topological polar surface area (TPSA) is 113 Å². The number of nitrogens with zero attached hydrogens (tertiary/aromatic N) is 4. The molecule has 0 spiro atoms. The Morgan fingerprint density at radius 1 is 0.973 bits per heavy atom. The van der Waals surface area contributed by atoms with Gasteiger partial charge in [0, 0.05) is 47.3 Å². The van der Waals surface area contributed by atoms with Crippen LogP contribution in [0, 0.1) is 0 Å². The first kappa shape index (κ1) is 27.6. The molecule has 0 aliphatic rings. The zero-order valence-electron chi connectivity index (χ0n) is 22.8. The number of pyridine rings is 2. The van der Waals surface area contributed by atoms with Gasteiger partial charge in [-0.1, -0.05) is 0 Å². The molecule has 0 radical (unpaired) electrons. The Labute approximate surface area is 216 Å². The maximum atomic E-state index is 13.7. The smallest absolute Gasteiger partial charge is 0.424 e. The van der Waals surface area contributed by atoms with Crippen LogP contribution < -0.4 is 9.64 Å². The summed E-state index contributed by atoms with van der Waals surface area (Å²) in [5.41, 5.74) is -0.481. The van der Waals surface area contributed by atoms with Gasteiger partial charge in [-0.05, 0) is 67.5 Å². The number of imide groups is 1. The van der Waals surface area contributed by atoms with E-state index in [9.17, 15) is 14.4 Å². The van der Waals surface area contributed by atoms with Gasteiger partial charge in [0.2, 0.25) is 5.88 Å². The Kier molecular flexibility index (Phi) is 7.62. The van der Waals surface area contributed by atoms with Crippen LogP contribution in [0.5, 0.6) is 5.88 Å². The van der Waals surface area contributed by atoms with E-state index in [1.54, 1.807) is 60.1 Å². The molecule has 0 N–H and O–H groups in total. The van der Waals surface area contributed by atoms with Gasteiger partial charge in [-0.2, -0.15) is 4.90 Å². The monoisotopic (exact) mass is 510 g/mol. The van der Waals surface area contributed by atoms with E-state index in [0.717, 1.165) is 5.52 Å². The van der Waals surface area contributed by atoms with Crippen molar-refractivity contribution in [1.82, 2.24) is 14.5 Å². The van der Waals surface area contributed by atoms with Gasteiger partial charge < -0.3 is 18.8 Å². The summed E-state index contributed by atoms with van der Waals surface area (Å²) in [6, 6.07) is 3.32. The average Bonchev–Trinajstić information content (AvgIpc) is 3.16. The highest BCUT2D eigenvalue weighted by atomic mass is 16.6. The van der Waals surface area contributed by atoms with E-state index >= 15 is 0 Å². The second-order valence-corrected chi connectivity index (χ2v) is 10.8. The molecule has 0 saturated heterocycles. The van der Waals surface area contributed by atoms with E-state index in [1.807, 2.05) is 24.5 Å². The van der Waals surface area contributed by atoms with Gasteiger partial charge in [-0.3, -0.25) is 9.78 Å². The van der Waals surface area contributed by atoms with E-state index in [0.29, 0.717) is 15.8 Å². The molecule has 198 valence electrons. The van der Waals surface area contributed by atoms with Gasteiger partial charge in [-0.25, -0.2) is 14.6 Å². The number of rotatable bonds is 5. The third-order valence-electron chi connectivity index (χ3n) is 5.12. The number of aromatic nitrogens is 3. The van der Waals surface area contributed by atoms with Crippen molar-refractivity contribution in [2.75, 3.05) is 12.0 Å². The lowest BCUT2D eigenvalue weighted by atomic mass is 10.0. The highest BCUT2D eigenvalue weighted by Crippen LogP contribution is 2.32. The third kappa shape index (κ3) is 6.25. The molecule has 3 rings (SSSR count). The predicted octanol–water partition coefficient (Wildman–Crippen LogP) is 5.93. The molecule has 3 aromatic heterocycles. The number of ketones is 1. The number of methoxy groups -OCH3 is 1. The second-order valence-electron chi connectivity index (χ2n) is 10.8. The first-order valence-corrected chi connectivity index (χ1v) is 11.9. The fraction of sp³-hybridized carbons (Fsp3) is 0.444. The summed E-state index contributed by atoms with van der Waals surface area (Å²) in [6.07, 6.45) is 4.42. The molecular formula is C27H34N4O6. The molecule has 0 aromatic carbocycles. The quantitative estimate of drug-likeness (QED) is 0.388. The van der Waals surface area contributed by atoms with Crippen LogP contribution in [0.3, 0.4) is 0 Å². The summed E-state index contributed by atoms with van der Waals surface area (Å²) in [5.74, 6) is -0.415. The number of carbonyl (C=O) groups is 3. The highest BCUT2D eigenvalue weighted by molar-refractivity contribution is 6.17. The van der Waals surface area contributed by atoms with E-state index in [-0.39, 0.29) is 29.0 Å². The van der Waals surface area contributed by atoms with Gasteiger partial charge in [0.05, 0.1) is 12.6 Å². The van der Waals surface area contributed by atoms with Crippen molar-refractivity contribution in [2.45, 2.75) is 72.6 Å². The number of amides is 2. The fourth-order valence-corrected chi connectivity index (χ4v) is 3.63. The van der Waals surface area contributed by atoms with Crippen molar-refractivity contribution in [2.24, 2.45) is 0 Å². The lowest BCUT2D eigenvalue weighted by molar-refractivity contribution is 0.0428. The Balaban J connectivity index is 2.16. The molecule has 3 aromatic rings. The minimum Gasteiger partial charge on any atom is -0.479 e. The predicted molar refractivity (Wildman–Crippen MR) is 139 cm³/mol. The van der Waals surface area contributed by atoms with Crippen LogP contribution in [0.4, 0.5) is 15.3 Å². The summed E-state index contributed by atoms with van der Waals surface area (Å²) < 4.78 is 18.3. The third-order valence-corrected chi connectivity index (χ3v) is 5.12. The van der Waals surface area contributed by atoms with Crippen molar-refractivity contribution < 1.29 is 28.6 Å². The van der Waals surface area contributed by atoms with E-state index in [1.165, 1.54) is 19.4 Å². The largest absolute Gasteiger partial charge is 0.479 e. The van der Waals surface area contributed by atoms with Crippen LogP contribution in [-0.4, -0.2) is 50.8 Å². The summed E-state index contributed by atoms with van der Waals surface area (Å²) in [4.78, 5) is 49.2. The van der Waals surface area contributed by atoms with E-state index in [2.05, 4.69) is 9.97 Å². The molecule has 0 unspecified atom stereocenters. The van der Waals surface area contributed by atoms with Crippen LogP contribution in [0.15, 0.2) is 36.9 Å². The second kappa shape index (κ2) is 10.2. The van der Waals surface area contributed by atoms with Crippen LogP contribution in [0.25, 0.3) is 10.9 Å². The summed E-state index contributed by atoms with van der Waals surface area (Å²) in [7, 11) is 1.34. The first-order chi connectivity index (χ1) is 17.1. The molecular weight excluding hydrogens is 476 g/mol. The molecule has 37 heavy (non-hydrogen) atoms. The number of carbonyl (C=O) groups excluding carboxylic acids is 3. The van der Waals surface area contributed by atoms with Crippen LogP contribution >= 0.6 is 0 Å². The minimum absolute atomic E-state index is 0.0560.